The molecule has 2 N–H and O–H groups in total. The van der Waals surface area contributed by atoms with Gasteiger partial charge in [0.05, 0.1) is 0 Å². The van der Waals surface area contributed by atoms with E-state index in [1.54, 1.807) is 0 Å². The van der Waals surface area contributed by atoms with Crippen molar-refractivity contribution in [2.75, 3.05) is 19.6 Å². The fraction of sp³-hybridized carbons (Fsp3) is 0.783. The number of carbonyl (C=O) groups excluding carboxylic acids is 2. The molecule has 1 heterocycles. The number of amides is 2. The summed E-state index contributed by atoms with van der Waals surface area (Å²) in [5, 5.41) is 15.7. The Hall–Kier alpha value is -2.03. The number of hydrogen-bond donors (Lipinski definition) is 2. The van der Waals surface area contributed by atoms with Crippen LogP contribution in [-0.4, -0.2) is 42.4 Å². The third-order valence-electron chi connectivity index (χ3n) is 7.88. The summed E-state index contributed by atoms with van der Waals surface area (Å²) in [6, 6.07) is 2.15. The standard InChI is InChI=1S/C23H34N4O2/c1-16(23-11-17-8-18(12-23)10-19(9-17)13-23)26-22(29)20(14-24)15-25-5-3-7-27-6-2-4-21(27)28/h15-19,25H,2-13H2,1H3,(H,26,29)/b20-15-. The van der Waals surface area contributed by atoms with E-state index in [1.165, 1.54) is 44.7 Å². The van der Waals surface area contributed by atoms with E-state index in [0.717, 1.165) is 43.7 Å². The van der Waals surface area contributed by atoms with E-state index in [9.17, 15) is 14.9 Å². The van der Waals surface area contributed by atoms with Gasteiger partial charge in [0.15, 0.2) is 0 Å². The van der Waals surface area contributed by atoms with Crippen molar-refractivity contribution in [3.8, 4) is 6.07 Å². The molecule has 6 nitrogen and oxygen atoms in total. The van der Waals surface area contributed by atoms with Gasteiger partial charge in [0, 0.05) is 38.3 Å². The van der Waals surface area contributed by atoms with Crippen LogP contribution in [0.3, 0.4) is 0 Å². The van der Waals surface area contributed by atoms with Gasteiger partial charge in [-0.25, -0.2) is 0 Å². The van der Waals surface area contributed by atoms with Crippen LogP contribution in [0.5, 0.6) is 0 Å². The molecule has 6 heteroatoms. The number of carbonyl (C=O) groups is 2. The average Bonchev–Trinajstić information content (AvgIpc) is 3.08. The summed E-state index contributed by atoms with van der Waals surface area (Å²) < 4.78 is 0. The minimum atomic E-state index is -0.266. The van der Waals surface area contributed by atoms with Gasteiger partial charge in [-0.1, -0.05) is 0 Å². The Labute approximate surface area is 174 Å². The SMILES string of the molecule is CC(NC(=O)/C(C#N)=C\NCCCN1CCCC1=O)C12CC3CC(CC(C3)C1)C2. The molecule has 5 fully saturated rings. The van der Waals surface area contributed by atoms with Crippen molar-refractivity contribution >= 4 is 11.8 Å². The maximum Gasteiger partial charge on any atom is 0.263 e. The van der Waals surface area contributed by atoms with Gasteiger partial charge in [0.1, 0.15) is 11.6 Å². The number of nitriles is 1. The molecule has 1 unspecified atom stereocenters. The van der Waals surface area contributed by atoms with Crippen molar-refractivity contribution in [2.24, 2.45) is 23.2 Å². The molecule has 5 rings (SSSR count). The van der Waals surface area contributed by atoms with Crippen molar-refractivity contribution in [1.82, 2.24) is 15.5 Å². The second kappa shape index (κ2) is 8.38. The summed E-state index contributed by atoms with van der Waals surface area (Å²) in [4.78, 5) is 26.2. The van der Waals surface area contributed by atoms with E-state index in [2.05, 4.69) is 17.6 Å². The van der Waals surface area contributed by atoms with Gasteiger partial charge in [-0.15, -0.1) is 0 Å². The Kier molecular flexibility index (Phi) is 5.85. The predicted octanol–water partition coefficient (Wildman–Crippen LogP) is 2.72. The maximum atomic E-state index is 12.7. The van der Waals surface area contributed by atoms with Crippen molar-refractivity contribution in [1.29, 1.82) is 5.26 Å². The molecule has 1 aliphatic heterocycles. The van der Waals surface area contributed by atoms with E-state index in [1.807, 2.05) is 11.0 Å². The zero-order valence-corrected chi connectivity index (χ0v) is 17.6. The lowest BCUT2D eigenvalue weighted by atomic mass is 9.48. The van der Waals surface area contributed by atoms with Crippen LogP contribution in [0.4, 0.5) is 0 Å². The predicted molar refractivity (Wildman–Crippen MR) is 110 cm³/mol. The lowest BCUT2D eigenvalue weighted by molar-refractivity contribution is -0.127. The zero-order chi connectivity index (χ0) is 20.4. The van der Waals surface area contributed by atoms with Gasteiger partial charge in [0.25, 0.3) is 5.91 Å². The lowest BCUT2D eigenvalue weighted by Crippen LogP contribution is -2.56. The molecule has 29 heavy (non-hydrogen) atoms. The largest absolute Gasteiger partial charge is 0.390 e. The van der Waals surface area contributed by atoms with Gasteiger partial charge in [-0.05, 0) is 81.5 Å². The summed E-state index contributed by atoms with van der Waals surface area (Å²) in [5.41, 5.74) is 0.375. The molecule has 2 amide bonds. The third-order valence-corrected chi connectivity index (χ3v) is 7.88. The second-order valence-corrected chi connectivity index (χ2v) is 9.94. The maximum absolute atomic E-state index is 12.7. The van der Waals surface area contributed by atoms with Crippen LogP contribution in [0.1, 0.15) is 64.7 Å². The van der Waals surface area contributed by atoms with E-state index < -0.39 is 0 Å². The van der Waals surface area contributed by atoms with Crippen molar-refractivity contribution < 1.29 is 9.59 Å². The van der Waals surface area contributed by atoms with Crippen LogP contribution < -0.4 is 10.6 Å². The summed E-state index contributed by atoms with van der Waals surface area (Å²) in [7, 11) is 0. The highest BCUT2D eigenvalue weighted by molar-refractivity contribution is 5.97. The molecule has 0 aromatic heterocycles. The second-order valence-electron chi connectivity index (χ2n) is 9.94. The smallest absolute Gasteiger partial charge is 0.263 e. The van der Waals surface area contributed by atoms with Gasteiger partial charge in [-0.3, -0.25) is 9.59 Å². The van der Waals surface area contributed by atoms with E-state index in [-0.39, 0.29) is 28.8 Å². The molecule has 158 valence electrons. The minimum absolute atomic E-state index is 0.112. The Bertz CT molecular complexity index is 688. The number of rotatable bonds is 8. The van der Waals surface area contributed by atoms with Crippen molar-refractivity contribution in [2.45, 2.75) is 70.8 Å². The molecule has 4 aliphatic carbocycles. The van der Waals surface area contributed by atoms with Crippen LogP contribution in [-0.2, 0) is 9.59 Å². The summed E-state index contributed by atoms with van der Waals surface area (Å²) in [5.74, 6) is 2.50. The highest BCUT2D eigenvalue weighted by atomic mass is 16.2. The lowest BCUT2D eigenvalue weighted by Gasteiger charge is -2.59. The molecule has 5 aliphatic rings. The topological polar surface area (TPSA) is 85.2 Å². The molecular formula is C23H34N4O2. The zero-order valence-electron chi connectivity index (χ0n) is 17.6. The molecule has 1 saturated heterocycles. The van der Waals surface area contributed by atoms with Crippen LogP contribution in [0.15, 0.2) is 11.8 Å². The van der Waals surface area contributed by atoms with Gasteiger partial charge >= 0.3 is 0 Å². The Morgan fingerprint density at radius 3 is 2.48 bits per heavy atom. The van der Waals surface area contributed by atoms with Gasteiger partial charge < -0.3 is 15.5 Å². The molecule has 4 saturated carbocycles. The molecule has 0 spiro atoms. The van der Waals surface area contributed by atoms with E-state index >= 15 is 0 Å². The molecule has 1 atom stereocenters. The quantitative estimate of drug-likeness (QED) is 0.374. The monoisotopic (exact) mass is 398 g/mol. The van der Waals surface area contributed by atoms with Crippen molar-refractivity contribution in [3.05, 3.63) is 11.8 Å². The highest BCUT2D eigenvalue weighted by Gasteiger charge is 2.53. The van der Waals surface area contributed by atoms with Crippen LogP contribution >= 0.6 is 0 Å². The van der Waals surface area contributed by atoms with E-state index in [0.29, 0.717) is 13.0 Å². The molecular weight excluding hydrogens is 364 g/mol. The Morgan fingerprint density at radius 2 is 1.93 bits per heavy atom. The normalized spacial score (nSPS) is 34.2. The van der Waals surface area contributed by atoms with Crippen LogP contribution in [0.2, 0.25) is 0 Å². The van der Waals surface area contributed by atoms with Crippen LogP contribution in [0, 0.1) is 34.5 Å². The first-order valence-electron chi connectivity index (χ1n) is 11.4. The number of likely N-dealkylation sites (tertiary alicyclic amines) is 1. The first-order chi connectivity index (χ1) is 14.0. The third kappa shape index (κ3) is 4.29. The number of nitrogens with zero attached hydrogens (tertiary/aromatic N) is 2. The fourth-order valence-corrected chi connectivity index (χ4v) is 6.77. The fourth-order valence-electron chi connectivity index (χ4n) is 6.77. The summed E-state index contributed by atoms with van der Waals surface area (Å²) >= 11 is 0. The molecule has 0 radical (unpaired) electrons. The Morgan fingerprint density at radius 1 is 1.28 bits per heavy atom. The first-order valence-corrected chi connectivity index (χ1v) is 11.4. The van der Waals surface area contributed by atoms with Crippen molar-refractivity contribution in [3.63, 3.8) is 0 Å². The first kappa shape index (κ1) is 20.3. The highest BCUT2D eigenvalue weighted by Crippen LogP contribution is 2.61. The molecule has 0 aromatic carbocycles. The number of hydrogen-bond acceptors (Lipinski definition) is 4. The average molecular weight is 399 g/mol. The molecule has 4 bridgehead atoms. The Balaban J connectivity index is 1.26. The summed E-state index contributed by atoms with van der Waals surface area (Å²) in [6.45, 7) is 4.37. The number of nitrogens with one attached hydrogen (secondary N) is 2. The minimum Gasteiger partial charge on any atom is -0.390 e. The van der Waals surface area contributed by atoms with Gasteiger partial charge in [0.2, 0.25) is 5.91 Å². The summed E-state index contributed by atoms with van der Waals surface area (Å²) in [6.07, 6.45) is 11.8. The van der Waals surface area contributed by atoms with E-state index in [4.69, 9.17) is 0 Å². The van der Waals surface area contributed by atoms with Gasteiger partial charge in [-0.2, -0.15) is 5.26 Å². The van der Waals surface area contributed by atoms with Crippen LogP contribution in [0.25, 0.3) is 0 Å². The molecule has 0 aromatic rings.